The molecule has 1 saturated heterocycles. The number of piperidine rings is 1. The lowest BCUT2D eigenvalue weighted by atomic mass is 10.00. The number of nitrogens with one attached hydrogen (secondary N) is 2. The van der Waals surface area contributed by atoms with Crippen molar-refractivity contribution in [3.05, 3.63) is 40.9 Å². The minimum absolute atomic E-state index is 0.0458. The van der Waals surface area contributed by atoms with Crippen molar-refractivity contribution >= 4 is 23.6 Å². The molecule has 1 aliphatic heterocycles. The third kappa shape index (κ3) is 4.37. The van der Waals surface area contributed by atoms with Gasteiger partial charge in [-0.2, -0.15) is 0 Å². The Morgan fingerprint density at radius 1 is 1.42 bits per heavy atom. The Morgan fingerprint density at radius 3 is 2.84 bits per heavy atom. The fourth-order valence-corrected chi connectivity index (χ4v) is 2.34. The van der Waals surface area contributed by atoms with Gasteiger partial charge in [0.2, 0.25) is 5.91 Å². The van der Waals surface area contributed by atoms with Crippen LogP contribution >= 0.6 is 11.6 Å². The van der Waals surface area contributed by atoms with Crippen LogP contribution in [0.15, 0.2) is 30.3 Å². The zero-order chi connectivity index (χ0) is 13.7. The van der Waals surface area contributed by atoms with Gasteiger partial charge < -0.3 is 10.6 Å². The normalized spacial score (nSPS) is 23.5. The van der Waals surface area contributed by atoms with Crippen LogP contribution in [-0.4, -0.2) is 24.5 Å². The second-order valence-electron chi connectivity index (χ2n) is 4.88. The lowest BCUT2D eigenvalue weighted by molar-refractivity contribution is -0.117. The van der Waals surface area contributed by atoms with Crippen LogP contribution in [0.25, 0.3) is 6.08 Å². The van der Waals surface area contributed by atoms with Gasteiger partial charge in [-0.15, -0.1) is 0 Å². The summed E-state index contributed by atoms with van der Waals surface area (Å²) < 4.78 is 0. The second-order valence-corrected chi connectivity index (χ2v) is 5.32. The predicted molar refractivity (Wildman–Crippen MR) is 79.1 cm³/mol. The number of hydrogen-bond donors (Lipinski definition) is 2. The molecular weight excluding hydrogens is 260 g/mol. The van der Waals surface area contributed by atoms with E-state index >= 15 is 0 Å². The van der Waals surface area contributed by atoms with Crippen molar-refractivity contribution in [3.63, 3.8) is 0 Å². The molecule has 2 atom stereocenters. The molecular formula is C15H19ClN2O. The van der Waals surface area contributed by atoms with E-state index in [-0.39, 0.29) is 11.9 Å². The van der Waals surface area contributed by atoms with Crippen molar-refractivity contribution in [1.82, 2.24) is 10.6 Å². The maximum atomic E-state index is 11.8. The SMILES string of the molecule is CC1NCCCC1NC(=O)/C=C/c1ccc(Cl)cc1. The number of carbonyl (C=O) groups excluding carboxylic acids is 1. The molecule has 1 aromatic rings. The summed E-state index contributed by atoms with van der Waals surface area (Å²) in [7, 11) is 0. The van der Waals surface area contributed by atoms with Crippen LogP contribution in [0.1, 0.15) is 25.3 Å². The van der Waals surface area contributed by atoms with Gasteiger partial charge >= 0.3 is 0 Å². The van der Waals surface area contributed by atoms with Gasteiger partial charge in [-0.1, -0.05) is 23.7 Å². The molecule has 3 nitrogen and oxygen atoms in total. The first kappa shape index (κ1) is 14.1. The largest absolute Gasteiger partial charge is 0.348 e. The highest BCUT2D eigenvalue weighted by Crippen LogP contribution is 2.11. The molecule has 0 aromatic heterocycles. The summed E-state index contributed by atoms with van der Waals surface area (Å²) in [5.41, 5.74) is 0.967. The number of rotatable bonds is 3. The highest BCUT2D eigenvalue weighted by atomic mass is 35.5. The van der Waals surface area contributed by atoms with E-state index in [1.165, 1.54) is 0 Å². The molecule has 2 rings (SSSR count). The van der Waals surface area contributed by atoms with Crippen molar-refractivity contribution in [2.75, 3.05) is 6.54 Å². The van der Waals surface area contributed by atoms with Crippen molar-refractivity contribution in [2.45, 2.75) is 31.8 Å². The van der Waals surface area contributed by atoms with Crippen LogP contribution in [-0.2, 0) is 4.79 Å². The second kappa shape index (κ2) is 6.73. The summed E-state index contributed by atoms with van der Waals surface area (Å²) in [4.78, 5) is 11.8. The van der Waals surface area contributed by atoms with Crippen LogP contribution in [0.4, 0.5) is 0 Å². The third-order valence-electron chi connectivity index (χ3n) is 3.39. The molecule has 1 aliphatic rings. The molecule has 0 bridgehead atoms. The zero-order valence-electron chi connectivity index (χ0n) is 11.0. The first-order valence-corrected chi connectivity index (χ1v) is 7.00. The topological polar surface area (TPSA) is 41.1 Å². The van der Waals surface area contributed by atoms with Gasteiger partial charge in [-0.25, -0.2) is 0 Å². The molecule has 0 radical (unpaired) electrons. The fraction of sp³-hybridized carbons (Fsp3) is 0.400. The Kier molecular flexibility index (Phi) is 5.00. The summed E-state index contributed by atoms with van der Waals surface area (Å²) in [6, 6.07) is 7.95. The maximum absolute atomic E-state index is 11.8. The van der Waals surface area contributed by atoms with E-state index in [1.54, 1.807) is 12.2 Å². The molecule has 0 aliphatic carbocycles. The summed E-state index contributed by atoms with van der Waals surface area (Å²) in [6.45, 7) is 3.14. The molecule has 1 amide bonds. The highest BCUT2D eigenvalue weighted by Gasteiger charge is 2.21. The maximum Gasteiger partial charge on any atom is 0.244 e. The minimum atomic E-state index is -0.0458. The molecule has 1 heterocycles. The van der Waals surface area contributed by atoms with E-state index in [0.717, 1.165) is 24.9 Å². The van der Waals surface area contributed by atoms with E-state index in [9.17, 15) is 4.79 Å². The zero-order valence-corrected chi connectivity index (χ0v) is 11.8. The van der Waals surface area contributed by atoms with Crippen LogP contribution in [0.5, 0.6) is 0 Å². The summed E-state index contributed by atoms with van der Waals surface area (Å²) in [5.74, 6) is -0.0458. The molecule has 4 heteroatoms. The Bertz CT molecular complexity index is 456. The van der Waals surface area contributed by atoms with Gasteiger partial charge in [0.15, 0.2) is 0 Å². The number of amides is 1. The number of halogens is 1. The quantitative estimate of drug-likeness (QED) is 0.835. The molecule has 1 aromatic carbocycles. The molecule has 102 valence electrons. The van der Waals surface area contributed by atoms with Crippen molar-refractivity contribution in [2.24, 2.45) is 0 Å². The number of benzene rings is 1. The molecule has 19 heavy (non-hydrogen) atoms. The van der Waals surface area contributed by atoms with E-state index in [4.69, 9.17) is 11.6 Å². The molecule has 0 spiro atoms. The summed E-state index contributed by atoms with van der Waals surface area (Å²) >= 11 is 5.81. The highest BCUT2D eigenvalue weighted by molar-refractivity contribution is 6.30. The van der Waals surface area contributed by atoms with Gasteiger partial charge in [-0.05, 0) is 50.1 Å². The lowest BCUT2D eigenvalue weighted by Gasteiger charge is -2.30. The van der Waals surface area contributed by atoms with Crippen molar-refractivity contribution in [3.8, 4) is 0 Å². The Hall–Kier alpha value is -1.32. The van der Waals surface area contributed by atoms with Crippen LogP contribution in [0.2, 0.25) is 5.02 Å². The average Bonchev–Trinajstić information content (AvgIpc) is 2.41. The summed E-state index contributed by atoms with van der Waals surface area (Å²) in [6.07, 6.45) is 5.52. The molecule has 1 fully saturated rings. The smallest absolute Gasteiger partial charge is 0.244 e. The first-order chi connectivity index (χ1) is 9.15. The van der Waals surface area contributed by atoms with Gasteiger partial charge in [0.25, 0.3) is 0 Å². The number of carbonyl (C=O) groups is 1. The molecule has 2 unspecified atom stereocenters. The van der Waals surface area contributed by atoms with E-state index < -0.39 is 0 Å². The van der Waals surface area contributed by atoms with Gasteiger partial charge in [0.05, 0.1) is 0 Å². The number of hydrogen-bond acceptors (Lipinski definition) is 2. The first-order valence-electron chi connectivity index (χ1n) is 6.62. The predicted octanol–water partition coefficient (Wildman–Crippen LogP) is 2.61. The minimum Gasteiger partial charge on any atom is -0.348 e. The van der Waals surface area contributed by atoms with Gasteiger partial charge in [0, 0.05) is 23.2 Å². The summed E-state index contributed by atoms with van der Waals surface area (Å²) in [5, 5.41) is 7.10. The van der Waals surface area contributed by atoms with Crippen LogP contribution in [0.3, 0.4) is 0 Å². The fourth-order valence-electron chi connectivity index (χ4n) is 2.22. The monoisotopic (exact) mass is 278 g/mol. The standard InChI is InChI=1S/C15H19ClN2O/c1-11-14(3-2-10-17-11)18-15(19)9-6-12-4-7-13(16)8-5-12/h4-9,11,14,17H,2-3,10H2,1H3,(H,18,19)/b9-6+. The molecule has 0 saturated carbocycles. The lowest BCUT2D eigenvalue weighted by Crippen LogP contribution is -2.51. The van der Waals surface area contributed by atoms with E-state index in [2.05, 4.69) is 17.6 Å². The van der Waals surface area contributed by atoms with E-state index in [0.29, 0.717) is 11.1 Å². The van der Waals surface area contributed by atoms with Crippen LogP contribution < -0.4 is 10.6 Å². The van der Waals surface area contributed by atoms with Crippen LogP contribution in [0, 0.1) is 0 Å². The van der Waals surface area contributed by atoms with Crippen molar-refractivity contribution < 1.29 is 4.79 Å². The Balaban J connectivity index is 1.88. The van der Waals surface area contributed by atoms with Gasteiger partial charge in [0.1, 0.15) is 0 Å². The molecule has 2 N–H and O–H groups in total. The van der Waals surface area contributed by atoms with Crippen molar-refractivity contribution in [1.29, 1.82) is 0 Å². The van der Waals surface area contributed by atoms with Gasteiger partial charge in [-0.3, -0.25) is 4.79 Å². The van der Waals surface area contributed by atoms with E-state index in [1.807, 2.05) is 24.3 Å². The Labute approximate surface area is 119 Å². The third-order valence-corrected chi connectivity index (χ3v) is 3.64. The Morgan fingerprint density at radius 2 is 2.16 bits per heavy atom. The average molecular weight is 279 g/mol.